The molecule has 4 rings (SSSR count). The van der Waals surface area contributed by atoms with Gasteiger partial charge in [-0.2, -0.15) is 5.26 Å². The zero-order chi connectivity index (χ0) is 21.3. The van der Waals surface area contributed by atoms with Crippen LogP contribution in [0.3, 0.4) is 0 Å². The van der Waals surface area contributed by atoms with Gasteiger partial charge in [-0.1, -0.05) is 6.07 Å². The molecule has 4 nitrogen and oxygen atoms in total. The fourth-order valence-electron chi connectivity index (χ4n) is 4.05. The van der Waals surface area contributed by atoms with Crippen molar-refractivity contribution < 1.29 is 4.39 Å². The maximum Gasteiger partial charge on any atom is 0.126 e. The van der Waals surface area contributed by atoms with Gasteiger partial charge < -0.3 is 11.1 Å². The summed E-state index contributed by atoms with van der Waals surface area (Å²) in [6.07, 6.45) is 3.02. The Hall–Kier alpha value is -3.65. The number of rotatable bonds is 4. The first-order chi connectivity index (χ1) is 14.5. The Morgan fingerprint density at radius 3 is 2.77 bits per heavy atom. The van der Waals surface area contributed by atoms with Gasteiger partial charge in [-0.05, 0) is 91.4 Å². The first-order valence-corrected chi connectivity index (χ1v) is 10.0. The molecule has 0 heterocycles. The van der Waals surface area contributed by atoms with E-state index < -0.39 is 0 Å². The molecule has 1 aliphatic rings. The molecule has 0 saturated heterocycles. The van der Waals surface area contributed by atoms with Crippen LogP contribution >= 0.6 is 0 Å². The van der Waals surface area contributed by atoms with Gasteiger partial charge in [-0.3, -0.25) is 5.41 Å². The lowest BCUT2D eigenvalue weighted by molar-refractivity contribution is 0.600. The molecule has 4 N–H and O–H groups in total. The minimum absolute atomic E-state index is 0.139. The molecule has 3 aromatic carbocycles. The summed E-state index contributed by atoms with van der Waals surface area (Å²) in [7, 11) is 0. The summed E-state index contributed by atoms with van der Waals surface area (Å²) in [6, 6.07) is 18.5. The van der Waals surface area contributed by atoms with Crippen molar-refractivity contribution in [2.75, 3.05) is 11.1 Å². The van der Waals surface area contributed by atoms with E-state index in [0.717, 1.165) is 24.9 Å². The lowest BCUT2D eigenvalue weighted by Gasteiger charge is -2.28. The van der Waals surface area contributed by atoms with E-state index in [9.17, 15) is 4.39 Å². The summed E-state index contributed by atoms with van der Waals surface area (Å²) < 4.78 is 13.6. The molecule has 0 aromatic heterocycles. The Labute approximate surface area is 175 Å². The molecule has 0 aliphatic heterocycles. The van der Waals surface area contributed by atoms with E-state index in [2.05, 4.69) is 11.4 Å². The molecule has 1 unspecified atom stereocenters. The number of aryl methyl sites for hydroxylation is 2. The smallest absolute Gasteiger partial charge is 0.126 e. The third kappa shape index (κ3) is 3.77. The summed E-state index contributed by atoms with van der Waals surface area (Å²) in [5.41, 5.74) is 12.7. The highest BCUT2D eigenvalue weighted by Gasteiger charge is 2.21. The summed E-state index contributed by atoms with van der Waals surface area (Å²) in [4.78, 5) is 0. The highest BCUT2D eigenvalue weighted by Crippen LogP contribution is 2.34. The number of hydrogen-bond acceptors (Lipinski definition) is 4. The van der Waals surface area contributed by atoms with Gasteiger partial charge in [0.1, 0.15) is 5.82 Å². The van der Waals surface area contributed by atoms with Crippen molar-refractivity contribution in [3.8, 4) is 6.07 Å². The van der Waals surface area contributed by atoms with Crippen LogP contribution in [-0.2, 0) is 6.42 Å². The summed E-state index contributed by atoms with van der Waals surface area (Å²) in [6.45, 7) is 1.69. The third-order valence-electron chi connectivity index (χ3n) is 5.70. The van der Waals surface area contributed by atoms with Crippen molar-refractivity contribution in [3.63, 3.8) is 0 Å². The van der Waals surface area contributed by atoms with E-state index >= 15 is 0 Å². The Balaban J connectivity index is 1.62. The number of halogens is 1. The lowest BCUT2D eigenvalue weighted by Crippen LogP contribution is -2.18. The average molecular weight is 398 g/mol. The molecule has 0 spiro atoms. The van der Waals surface area contributed by atoms with Gasteiger partial charge >= 0.3 is 0 Å². The Kier molecular flexibility index (Phi) is 5.24. The van der Waals surface area contributed by atoms with E-state index in [1.54, 1.807) is 25.1 Å². The van der Waals surface area contributed by atoms with Crippen molar-refractivity contribution in [3.05, 3.63) is 93.8 Å². The van der Waals surface area contributed by atoms with Crippen LogP contribution in [0.25, 0.3) is 0 Å². The molecule has 0 saturated carbocycles. The monoisotopic (exact) mass is 398 g/mol. The number of fused-ring (bicyclic) bond motifs is 1. The first-order valence-electron chi connectivity index (χ1n) is 10.0. The number of nitrogens with two attached hydrogens (primary N) is 1. The van der Waals surface area contributed by atoms with Gasteiger partial charge in [-0.25, -0.2) is 4.39 Å². The molecule has 5 heteroatoms. The topological polar surface area (TPSA) is 85.7 Å². The van der Waals surface area contributed by atoms with Gasteiger partial charge in [0.05, 0.1) is 23.4 Å². The van der Waals surface area contributed by atoms with Crippen LogP contribution in [0, 0.1) is 29.5 Å². The van der Waals surface area contributed by atoms with Gasteiger partial charge in [-0.15, -0.1) is 0 Å². The number of nitrogens with one attached hydrogen (secondary N) is 2. The minimum Gasteiger partial charge on any atom is -0.398 e. The first kappa shape index (κ1) is 19.7. The van der Waals surface area contributed by atoms with E-state index in [4.69, 9.17) is 16.4 Å². The number of nitriles is 1. The van der Waals surface area contributed by atoms with E-state index in [1.165, 1.54) is 17.2 Å². The second kappa shape index (κ2) is 8.00. The van der Waals surface area contributed by atoms with Crippen molar-refractivity contribution in [1.29, 1.82) is 10.7 Å². The van der Waals surface area contributed by atoms with Crippen LogP contribution in [0.4, 0.5) is 15.8 Å². The molecule has 0 bridgehead atoms. The molecule has 0 fully saturated rings. The van der Waals surface area contributed by atoms with Crippen molar-refractivity contribution >= 4 is 17.1 Å². The Morgan fingerprint density at radius 2 is 2.00 bits per heavy atom. The summed E-state index contributed by atoms with van der Waals surface area (Å²) >= 11 is 0. The zero-order valence-corrected chi connectivity index (χ0v) is 16.8. The van der Waals surface area contributed by atoms with Gasteiger partial charge in [0.2, 0.25) is 0 Å². The predicted molar refractivity (Wildman–Crippen MR) is 118 cm³/mol. The Bertz CT molecular complexity index is 1180. The minimum atomic E-state index is -0.287. The SMILES string of the molecule is Cc1cc(C(=N)c2cc(NC3CCCc4cc(C#N)ccc43)ccc2N)ccc1F. The van der Waals surface area contributed by atoms with Crippen LogP contribution in [0.1, 0.15) is 52.3 Å². The molecule has 30 heavy (non-hydrogen) atoms. The number of anilines is 2. The highest BCUT2D eigenvalue weighted by atomic mass is 19.1. The molecular formula is C25H23FN4. The summed E-state index contributed by atoms with van der Waals surface area (Å²) in [5, 5.41) is 21.3. The van der Waals surface area contributed by atoms with E-state index in [0.29, 0.717) is 27.9 Å². The van der Waals surface area contributed by atoms with Gasteiger partial charge in [0.25, 0.3) is 0 Å². The Morgan fingerprint density at radius 1 is 1.17 bits per heavy atom. The number of hydrogen-bond donors (Lipinski definition) is 3. The number of nitrogen functional groups attached to an aromatic ring is 1. The van der Waals surface area contributed by atoms with Crippen LogP contribution in [0.2, 0.25) is 0 Å². The maximum atomic E-state index is 13.6. The molecule has 1 atom stereocenters. The second-order valence-electron chi connectivity index (χ2n) is 7.76. The van der Waals surface area contributed by atoms with Gasteiger partial charge in [0, 0.05) is 22.5 Å². The lowest BCUT2D eigenvalue weighted by atomic mass is 9.86. The number of benzene rings is 3. The standard InChI is InChI=1S/C25H23FN4/c1-15-11-18(6-9-22(15)26)25(29)21-13-19(7-10-23(21)28)30-24-4-2-3-17-12-16(14-27)5-8-20(17)24/h5-13,24,29-30H,2-4,28H2,1H3. The normalized spacial score (nSPS) is 15.2. The van der Waals surface area contributed by atoms with Crippen molar-refractivity contribution in [1.82, 2.24) is 0 Å². The molecule has 3 aromatic rings. The molecule has 1 aliphatic carbocycles. The van der Waals surface area contributed by atoms with E-state index in [-0.39, 0.29) is 17.6 Å². The fraction of sp³-hybridized carbons (Fsp3) is 0.200. The molecular weight excluding hydrogens is 375 g/mol. The predicted octanol–water partition coefficient (Wildman–Crippen LogP) is 5.49. The fourth-order valence-corrected chi connectivity index (χ4v) is 4.05. The molecule has 0 amide bonds. The average Bonchev–Trinajstić information content (AvgIpc) is 2.76. The van der Waals surface area contributed by atoms with Crippen LogP contribution in [-0.4, -0.2) is 5.71 Å². The quantitative estimate of drug-likeness (QED) is 0.401. The van der Waals surface area contributed by atoms with Crippen LogP contribution in [0.5, 0.6) is 0 Å². The van der Waals surface area contributed by atoms with Crippen molar-refractivity contribution in [2.24, 2.45) is 0 Å². The van der Waals surface area contributed by atoms with Crippen LogP contribution in [0.15, 0.2) is 54.6 Å². The van der Waals surface area contributed by atoms with Crippen molar-refractivity contribution in [2.45, 2.75) is 32.2 Å². The van der Waals surface area contributed by atoms with Gasteiger partial charge in [0.15, 0.2) is 0 Å². The second-order valence-corrected chi connectivity index (χ2v) is 7.76. The number of nitrogens with zero attached hydrogens (tertiary/aromatic N) is 1. The van der Waals surface area contributed by atoms with Crippen LogP contribution < -0.4 is 11.1 Å². The zero-order valence-electron chi connectivity index (χ0n) is 16.8. The maximum absolute atomic E-state index is 13.6. The van der Waals surface area contributed by atoms with E-state index in [1.807, 2.05) is 30.3 Å². The third-order valence-corrected chi connectivity index (χ3v) is 5.70. The highest BCUT2D eigenvalue weighted by molar-refractivity contribution is 6.14. The summed E-state index contributed by atoms with van der Waals surface area (Å²) in [5.74, 6) is -0.287. The molecule has 150 valence electrons. The largest absolute Gasteiger partial charge is 0.398 e. The molecule has 0 radical (unpaired) electrons.